The summed E-state index contributed by atoms with van der Waals surface area (Å²) >= 11 is 0. The van der Waals surface area contributed by atoms with Gasteiger partial charge in [0.25, 0.3) is 5.97 Å². The number of aliphatic carboxylic acids is 3. The first-order valence-electron chi connectivity index (χ1n) is 6.77. The fraction of sp³-hybridized carbons (Fsp3) is 0.769. The molecule has 0 saturated carbocycles. The second-order valence-electron chi connectivity index (χ2n) is 4.76. The second kappa shape index (κ2) is 12.1. The SMILES string of the molecule is CC(=O)O.CCC(C)C(N)C(=O)O.O=C(O)C1CCCN1. The number of hydrogen-bond acceptors (Lipinski definition) is 5. The molecule has 1 saturated heterocycles. The van der Waals surface area contributed by atoms with E-state index >= 15 is 0 Å². The van der Waals surface area contributed by atoms with E-state index in [4.69, 9.17) is 25.8 Å². The fourth-order valence-corrected chi connectivity index (χ4v) is 1.39. The summed E-state index contributed by atoms with van der Waals surface area (Å²) in [6, 6.07) is -0.968. The van der Waals surface area contributed by atoms with Gasteiger partial charge < -0.3 is 26.4 Å². The summed E-state index contributed by atoms with van der Waals surface area (Å²) in [6.45, 7) is 5.70. The smallest absolute Gasteiger partial charge is 0.320 e. The van der Waals surface area contributed by atoms with Crippen LogP contribution >= 0.6 is 0 Å². The van der Waals surface area contributed by atoms with Gasteiger partial charge in [-0.15, -0.1) is 0 Å². The normalized spacial score (nSPS) is 19.1. The quantitative estimate of drug-likeness (QED) is 0.499. The highest BCUT2D eigenvalue weighted by Gasteiger charge is 2.20. The molecule has 6 N–H and O–H groups in total. The van der Waals surface area contributed by atoms with Gasteiger partial charge in [-0.1, -0.05) is 20.3 Å². The van der Waals surface area contributed by atoms with E-state index in [-0.39, 0.29) is 12.0 Å². The van der Waals surface area contributed by atoms with Crippen LogP contribution in [0.5, 0.6) is 0 Å². The van der Waals surface area contributed by atoms with Gasteiger partial charge in [0.05, 0.1) is 0 Å². The van der Waals surface area contributed by atoms with E-state index in [1.165, 1.54) is 0 Å². The minimum absolute atomic E-state index is 0.0718. The predicted octanol–water partition coefficient (Wildman–Crippen LogP) is 0.358. The van der Waals surface area contributed by atoms with Crippen LogP contribution in [-0.2, 0) is 14.4 Å². The number of nitrogens with two attached hydrogens (primary N) is 1. The minimum Gasteiger partial charge on any atom is -0.481 e. The Morgan fingerprint density at radius 1 is 1.29 bits per heavy atom. The predicted molar refractivity (Wildman–Crippen MR) is 77.0 cm³/mol. The molecule has 124 valence electrons. The molecule has 3 unspecified atom stereocenters. The molecule has 1 heterocycles. The number of nitrogens with one attached hydrogen (secondary N) is 1. The van der Waals surface area contributed by atoms with Crippen LogP contribution in [0.15, 0.2) is 0 Å². The highest BCUT2D eigenvalue weighted by Crippen LogP contribution is 2.04. The molecule has 1 fully saturated rings. The van der Waals surface area contributed by atoms with Gasteiger partial charge in [-0.2, -0.15) is 0 Å². The number of carbonyl (C=O) groups is 3. The summed E-state index contributed by atoms with van der Waals surface area (Å²) in [5, 5.41) is 27.0. The van der Waals surface area contributed by atoms with E-state index in [2.05, 4.69) is 5.32 Å². The Kier molecular flexibility index (Phi) is 12.5. The standard InChI is InChI=1S/C6H13NO2.C5H9NO2.C2H4O2/c1-3-4(2)5(7)6(8)9;7-5(8)4-2-1-3-6-4;1-2(3)4/h4-5H,3,7H2,1-2H3,(H,8,9);4,6H,1-3H2,(H,7,8);1H3,(H,3,4). The van der Waals surface area contributed by atoms with E-state index in [9.17, 15) is 9.59 Å². The maximum atomic E-state index is 10.2. The molecule has 1 rings (SSSR count). The van der Waals surface area contributed by atoms with Gasteiger partial charge in [-0.3, -0.25) is 14.4 Å². The van der Waals surface area contributed by atoms with Gasteiger partial charge in [-0.25, -0.2) is 0 Å². The first-order valence-corrected chi connectivity index (χ1v) is 6.77. The molecule has 0 amide bonds. The molecule has 0 aromatic carbocycles. The average Bonchev–Trinajstić information content (AvgIpc) is 2.91. The van der Waals surface area contributed by atoms with Crippen molar-refractivity contribution in [3.63, 3.8) is 0 Å². The Morgan fingerprint density at radius 2 is 1.76 bits per heavy atom. The molecule has 0 spiro atoms. The summed E-state index contributed by atoms with van der Waals surface area (Å²) < 4.78 is 0. The van der Waals surface area contributed by atoms with Crippen molar-refractivity contribution in [2.24, 2.45) is 11.7 Å². The van der Waals surface area contributed by atoms with Gasteiger partial charge in [0, 0.05) is 6.92 Å². The molecule has 0 aromatic heterocycles. The third-order valence-electron chi connectivity index (χ3n) is 2.90. The average molecular weight is 306 g/mol. The number of carboxylic acid groups (broad SMARTS) is 3. The highest BCUT2D eigenvalue weighted by atomic mass is 16.4. The zero-order valence-electron chi connectivity index (χ0n) is 12.7. The van der Waals surface area contributed by atoms with Crippen LogP contribution in [0.3, 0.4) is 0 Å². The van der Waals surface area contributed by atoms with E-state index in [0.717, 1.165) is 32.7 Å². The van der Waals surface area contributed by atoms with Crippen LogP contribution in [0.1, 0.15) is 40.0 Å². The lowest BCUT2D eigenvalue weighted by atomic mass is 10.0. The largest absolute Gasteiger partial charge is 0.481 e. The summed E-state index contributed by atoms with van der Waals surface area (Å²) in [4.78, 5) is 29.3. The number of hydrogen-bond donors (Lipinski definition) is 5. The maximum absolute atomic E-state index is 10.2. The molecule has 1 aliphatic rings. The van der Waals surface area contributed by atoms with E-state index in [0.29, 0.717) is 0 Å². The van der Waals surface area contributed by atoms with Crippen molar-refractivity contribution in [3.05, 3.63) is 0 Å². The van der Waals surface area contributed by atoms with Gasteiger partial charge in [0.15, 0.2) is 0 Å². The van der Waals surface area contributed by atoms with Crippen LogP contribution in [-0.4, -0.2) is 51.9 Å². The summed E-state index contributed by atoms with van der Waals surface area (Å²) in [5.41, 5.74) is 5.27. The van der Waals surface area contributed by atoms with Crippen LogP contribution in [0.25, 0.3) is 0 Å². The van der Waals surface area contributed by atoms with Crippen LogP contribution < -0.4 is 11.1 Å². The monoisotopic (exact) mass is 306 g/mol. The van der Waals surface area contributed by atoms with Gasteiger partial charge >= 0.3 is 11.9 Å². The first-order chi connectivity index (χ1) is 9.63. The Balaban J connectivity index is 0. The fourth-order valence-electron chi connectivity index (χ4n) is 1.39. The lowest BCUT2D eigenvalue weighted by Crippen LogP contribution is -2.36. The van der Waals surface area contributed by atoms with Crippen molar-refractivity contribution in [3.8, 4) is 0 Å². The molecule has 8 heteroatoms. The lowest BCUT2D eigenvalue weighted by Gasteiger charge is -2.11. The van der Waals surface area contributed by atoms with E-state index in [1.54, 1.807) is 0 Å². The number of rotatable bonds is 4. The van der Waals surface area contributed by atoms with Crippen molar-refractivity contribution >= 4 is 17.9 Å². The van der Waals surface area contributed by atoms with Gasteiger partial charge in [0.1, 0.15) is 12.1 Å². The van der Waals surface area contributed by atoms with Crippen molar-refractivity contribution < 1.29 is 29.7 Å². The molecule has 0 aliphatic carbocycles. The lowest BCUT2D eigenvalue weighted by molar-refractivity contribution is -0.140. The molecule has 1 aliphatic heterocycles. The summed E-state index contributed by atoms with van der Waals surface area (Å²) in [6.07, 6.45) is 2.60. The van der Waals surface area contributed by atoms with Gasteiger partial charge in [-0.05, 0) is 25.3 Å². The Hall–Kier alpha value is -1.67. The van der Waals surface area contributed by atoms with Gasteiger partial charge in [0.2, 0.25) is 0 Å². The van der Waals surface area contributed by atoms with Crippen molar-refractivity contribution in [2.75, 3.05) is 6.54 Å². The van der Waals surface area contributed by atoms with E-state index < -0.39 is 23.9 Å². The maximum Gasteiger partial charge on any atom is 0.320 e. The zero-order valence-corrected chi connectivity index (χ0v) is 12.7. The number of carboxylic acids is 3. The molecule has 0 bridgehead atoms. The summed E-state index contributed by atoms with van der Waals surface area (Å²) in [5.74, 6) is -2.39. The zero-order chi connectivity index (χ0) is 17.0. The highest BCUT2D eigenvalue weighted by molar-refractivity contribution is 5.73. The summed E-state index contributed by atoms with van der Waals surface area (Å²) in [7, 11) is 0. The Bertz CT molecular complexity index is 325. The van der Waals surface area contributed by atoms with Crippen LogP contribution in [0, 0.1) is 5.92 Å². The molecule has 21 heavy (non-hydrogen) atoms. The molecular formula is C13H26N2O6. The molecule has 0 aromatic rings. The molecule has 3 atom stereocenters. The minimum atomic E-state index is -0.913. The topological polar surface area (TPSA) is 150 Å². The third-order valence-corrected chi connectivity index (χ3v) is 2.90. The first kappa shape index (κ1) is 21.6. The van der Waals surface area contributed by atoms with Crippen LogP contribution in [0.4, 0.5) is 0 Å². The van der Waals surface area contributed by atoms with Crippen molar-refractivity contribution in [1.82, 2.24) is 5.32 Å². The second-order valence-corrected chi connectivity index (χ2v) is 4.76. The van der Waals surface area contributed by atoms with Crippen molar-refractivity contribution in [1.29, 1.82) is 0 Å². The molecule has 0 radical (unpaired) electrons. The molecular weight excluding hydrogens is 280 g/mol. The Labute approximate surface area is 124 Å². The van der Waals surface area contributed by atoms with Crippen LogP contribution in [0.2, 0.25) is 0 Å². The van der Waals surface area contributed by atoms with E-state index in [1.807, 2.05) is 13.8 Å². The third kappa shape index (κ3) is 13.1. The molecule has 8 nitrogen and oxygen atoms in total. The Morgan fingerprint density at radius 3 is 1.90 bits per heavy atom. The van der Waals surface area contributed by atoms with Crippen molar-refractivity contribution in [2.45, 2.75) is 52.1 Å².